The first-order chi connectivity index (χ1) is 21.8. The van der Waals surface area contributed by atoms with E-state index in [1.54, 1.807) is 18.0 Å². The smallest absolute Gasteiger partial charge is 0.248 e. The van der Waals surface area contributed by atoms with Crippen molar-refractivity contribution >= 4 is 41.3 Å². The van der Waals surface area contributed by atoms with Crippen LogP contribution in [0.25, 0.3) is 6.08 Å². The molecule has 0 aliphatic heterocycles. The minimum Gasteiger partial charge on any atom is -0.397 e. The maximum atomic E-state index is 13.7. The van der Waals surface area contributed by atoms with Gasteiger partial charge in [0.15, 0.2) is 0 Å². The summed E-state index contributed by atoms with van der Waals surface area (Å²) in [6, 6.07) is 14.3. The Morgan fingerprint density at radius 2 is 1.69 bits per heavy atom. The number of carbonyl (C=O) groups excluding carboxylic acids is 3. The van der Waals surface area contributed by atoms with Crippen molar-refractivity contribution in [2.75, 3.05) is 25.1 Å². The van der Waals surface area contributed by atoms with Crippen molar-refractivity contribution in [3.8, 4) is 0 Å². The second-order valence-corrected chi connectivity index (χ2v) is 10.4. The van der Waals surface area contributed by atoms with Crippen LogP contribution >= 0.6 is 0 Å². The van der Waals surface area contributed by atoms with E-state index in [4.69, 9.17) is 5.73 Å². The van der Waals surface area contributed by atoms with Crippen molar-refractivity contribution in [1.29, 1.82) is 0 Å². The molecule has 0 aromatic heterocycles. The molecule has 4 N–H and O–H groups in total. The van der Waals surface area contributed by atoms with Crippen LogP contribution in [0.5, 0.6) is 0 Å². The topological polar surface area (TPSA) is 117 Å². The van der Waals surface area contributed by atoms with Crippen LogP contribution in [-0.2, 0) is 14.4 Å². The van der Waals surface area contributed by atoms with Crippen LogP contribution in [0.4, 0.5) is 11.4 Å². The van der Waals surface area contributed by atoms with Gasteiger partial charge in [0.2, 0.25) is 11.8 Å². The zero-order valence-electron chi connectivity index (χ0n) is 27.5. The first-order valence-corrected chi connectivity index (χ1v) is 15.7. The minimum atomic E-state index is -0.822. The first-order valence-electron chi connectivity index (χ1n) is 15.7. The predicted molar refractivity (Wildman–Crippen MR) is 188 cm³/mol. The molecule has 4 rings (SSSR count). The molecular formula is C37H49N5O3. The number of aliphatic imine (C=N–C) groups is 1. The number of hydrogen-bond donors (Lipinski definition) is 3. The van der Waals surface area contributed by atoms with Gasteiger partial charge < -0.3 is 16.4 Å². The van der Waals surface area contributed by atoms with Crippen LogP contribution in [0.3, 0.4) is 0 Å². The third-order valence-corrected chi connectivity index (χ3v) is 7.49. The van der Waals surface area contributed by atoms with Crippen molar-refractivity contribution in [3.05, 3.63) is 101 Å². The number of benzene rings is 2. The summed E-state index contributed by atoms with van der Waals surface area (Å²) in [4.78, 5) is 43.2. The fourth-order valence-corrected chi connectivity index (χ4v) is 5.25. The summed E-state index contributed by atoms with van der Waals surface area (Å²) in [5.74, 6) is -0.415. The first kappa shape index (κ1) is 36.5. The largest absolute Gasteiger partial charge is 0.397 e. The summed E-state index contributed by atoms with van der Waals surface area (Å²) in [6.07, 6.45) is 16.7. The van der Waals surface area contributed by atoms with Gasteiger partial charge in [0.1, 0.15) is 12.3 Å². The number of para-hydroxylation sites is 2. The van der Waals surface area contributed by atoms with Gasteiger partial charge >= 0.3 is 0 Å². The van der Waals surface area contributed by atoms with E-state index in [2.05, 4.69) is 15.6 Å². The molecule has 2 aromatic rings. The number of nitrogens with one attached hydrogen (secondary N) is 2. The van der Waals surface area contributed by atoms with Crippen LogP contribution in [0.1, 0.15) is 77.0 Å². The number of hydrogen-bond acceptors (Lipinski definition) is 6. The van der Waals surface area contributed by atoms with Gasteiger partial charge in [-0.1, -0.05) is 81.7 Å². The number of amides is 2. The lowest BCUT2D eigenvalue weighted by atomic mass is 9.94. The summed E-state index contributed by atoms with van der Waals surface area (Å²) in [6.45, 7) is 7.40. The van der Waals surface area contributed by atoms with Gasteiger partial charge in [-0.3, -0.25) is 24.3 Å². The molecule has 8 heteroatoms. The van der Waals surface area contributed by atoms with Gasteiger partial charge in [-0.25, -0.2) is 0 Å². The molecule has 0 bridgehead atoms. The Bertz CT molecular complexity index is 1410. The number of nitrogens with two attached hydrogens (primary N) is 1. The van der Waals surface area contributed by atoms with E-state index in [1.807, 2.05) is 101 Å². The molecule has 0 radical (unpaired) electrons. The number of nitrogen functional groups attached to an aromatic ring is 1. The highest BCUT2D eigenvalue weighted by Gasteiger charge is 2.33. The normalized spacial score (nSPS) is 16.9. The molecule has 1 atom stereocenters. The minimum absolute atomic E-state index is 0.119. The van der Waals surface area contributed by atoms with Gasteiger partial charge in [-0.2, -0.15) is 0 Å². The molecule has 240 valence electrons. The Morgan fingerprint density at radius 1 is 1.02 bits per heavy atom. The van der Waals surface area contributed by atoms with Crippen LogP contribution < -0.4 is 16.4 Å². The van der Waals surface area contributed by atoms with Crippen molar-refractivity contribution in [1.82, 2.24) is 10.2 Å². The Kier molecular flexibility index (Phi) is 15.8. The number of rotatable bonds is 8. The SMILES string of the molecule is C/C=C1/C=C(N(C(C)=O)C(C(=O)NC2CCCCC2)c2ccc(/C=C/C=O)cc2)C=CC1=NC.CC.CNc1ccccc1N. The monoisotopic (exact) mass is 611 g/mol. The Morgan fingerprint density at radius 3 is 2.22 bits per heavy atom. The van der Waals surface area contributed by atoms with Gasteiger partial charge in [-0.05, 0) is 72.9 Å². The maximum Gasteiger partial charge on any atom is 0.248 e. The van der Waals surface area contributed by atoms with Crippen LogP contribution in [0.15, 0.2) is 95.2 Å². The molecule has 2 aliphatic rings. The lowest BCUT2D eigenvalue weighted by molar-refractivity contribution is -0.137. The summed E-state index contributed by atoms with van der Waals surface area (Å²) in [7, 11) is 3.58. The molecule has 1 unspecified atom stereocenters. The highest BCUT2D eigenvalue weighted by Crippen LogP contribution is 2.30. The third kappa shape index (κ3) is 10.7. The van der Waals surface area contributed by atoms with E-state index in [0.717, 1.165) is 60.2 Å². The average molecular weight is 612 g/mol. The van der Waals surface area contributed by atoms with Crippen LogP contribution in [-0.4, -0.2) is 48.8 Å². The lowest BCUT2D eigenvalue weighted by Gasteiger charge is -2.34. The molecule has 2 aliphatic carbocycles. The maximum absolute atomic E-state index is 13.7. The van der Waals surface area contributed by atoms with E-state index >= 15 is 0 Å². The molecular weight excluding hydrogens is 562 g/mol. The molecule has 0 saturated heterocycles. The number of nitrogens with zero attached hydrogens (tertiary/aromatic N) is 2. The molecule has 0 spiro atoms. The van der Waals surface area contributed by atoms with Crippen LogP contribution in [0, 0.1) is 0 Å². The van der Waals surface area contributed by atoms with E-state index in [9.17, 15) is 14.4 Å². The molecule has 0 heterocycles. The van der Waals surface area contributed by atoms with Crippen LogP contribution in [0.2, 0.25) is 0 Å². The fraction of sp³-hybridized carbons (Fsp3) is 0.351. The number of allylic oxidation sites excluding steroid dienone is 6. The molecule has 2 amide bonds. The van der Waals surface area contributed by atoms with Gasteiger partial charge in [0, 0.05) is 32.8 Å². The summed E-state index contributed by atoms with van der Waals surface area (Å²) < 4.78 is 0. The average Bonchev–Trinajstić information content (AvgIpc) is 3.08. The highest BCUT2D eigenvalue weighted by molar-refractivity contribution is 6.12. The molecule has 8 nitrogen and oxygen atoms in total. The fourth-order valence-electron chi connectivity index (χ4n) is 5.25. The summed E-state index contributed by atoms with van der Waals surface area (Å²) in [5.41, 5.74) is 11.3. The quantitative estimate of drug-likeness (QED) is 0.168. The molecule has 2 aromatic carbocycles. The lowest BCUT2D eigenvalue weighted by Crippen LogP contribution is -2.46. The van der Waals surface area contributed by atoms with Gasteiger partial charge in [0.05, 0.1) is 17.1 Å². The van der Waals surface area contributed by atoms with E-state index < -0.39 is 6.04 Å². The van der Waals surface area contributed by atoms with Crippen molar-refractivity contribution in [3.63, 3.8) is 0 Å². The van der Waals surface area contributed by atoms with Crippen molar-refractivity contribution in [2.24, 2.45) is 4.99 Å². The van der Waals surface area contributed by atoms with E-state index in [0.29, 0.717) is 11.3 Å². The standard InChI is InChI=1S/C28H33N3O3.C7H10N2.C2H6/c1-4-22-19-25(16-17-26(22)29-3)31(20(2)33)27(28(34)30-24-10-6-5-7-11-24)23-14-12-21(13-15-23)9-8-18-32;1-9-7-5-3-2-4-6(7)8;1-2/h4,8-9,12-19,24,27H,5-7,10-11H2,1-3H3,(H,30,34);2-5,9H,8H2,1H3;1-2H3/b9-8+,22-4-,29-26?;;. The molecule has 1 saturated carbocycles. The van der Waals surface area contributed by atoms with Crippen molar-refractivity contribution < 1.29 is 14.4 Å². The second kappa shape index (κ2) is 19.5. The molecule has 1 fully saturated rings. The Balaban J connectivity index is 0.000000544. The predicted octanol–water partition coefficient (Wildman–Crippen LogP) is 7.04. The number of aldehydes is 1. The number of anilines is 2. The summed E-state index contributed by atoms with van der Waals surface area (Å²) >= 11 is 0. The van der Waals surface area contributed by atoms with Gasteiger partial charge in [-0.15, -0.1) is 0 Å². The Labute approximate surface area is 268 Å². The zero-order valence-corrected chi connectivity index (χ0v) is 27.5. The van der Waals surface area contributed by atoms with E-state index in [1.165, 1.54) is 19.4 Å². The highest BCUT2D eigenvalue weighted by atomic mass is 16.2. The van der Waals surface area contributed by atoms with Gasteiger partial charge in [0.25, 0.3) is 0 Å². The second-order valence-electron chi connectivity index (χ2n) is 10.4. The number of carbonyl (C=O) groups is 3. The van der Waals surface area contributed by atoms with E-state index in [-0.39, 0.29) is 17.9 Å². The van der Waals surface area contributed by atoms with Crippen molar-refractivity contribution in [2.45, 2.75) is 71.9 Å². The summed E-state index contributed by atoms with van der Waals surface area (Å²) in [5, 5.41) is 6.17. The Hall–Kier alpha value is -4.72. The third-order valence-electron chi connectivity index (χ3n) is 7.49. The molecule has 45 heavy (non-hydrogen) atoms. The zero-order chi connectivity index (χ0) is 33.2.